The molecule has 0 aliphatic carbocycles. The van der Waals surface area contributed by atoms with Gasteiger partial charge in [0.2, 0.25) is 0 Å². The summed E-state index contributed by atoms with van der Waals surface area (Å²) in [5.74, 6) is -0.327. The molecule has 0 bridgehead atoms. The van der Waals surface area contributed by atoms with E-state index in [9.17, 15) is 9.90 Å². The molecule has 4 nitrogen and oxygen atoms in total. The van der Waals surface area contributed by atoms with Gasteiger partial charge >= 0.3 is 5.97 Å². The number of anilines is 2. The van der Waals surface area contributed by atoms with Crippen molar-refractivity contribution in [1.82, 2.24) is 0 Å². The third kappa shape index (κ3) is 2.74. The van der Waals surface area contributed by atoms with E-state index in [4.69, 9.17) is 4.74 Å². The highest BCUT2D eigenvalue weighted by molar-refractivity contribution is 5.96. The molecule has 0 aliphatic heterocycles. The lowest BCUT2D eigenvalue weighted by Gasteiger charge is -2.22. The Morgan fingerprint density at radius 3 is 2.55 bits per heavy atom. The molecule has 4 heteroatoms. The molecule has 0 saturated heterocycles. The highest BCUT2D eigenvalue weighted by atomic mass is 16.5. The molecule has 0 amide bonds. The summed E-state index contributed by atoms with van der Waals surface area (Å²) in [5, 5.41) is 9.31. The van der Waals surface area contributed by atoms with Crippen LogP contribution in [-0.4, -0.2) is 25.2 Å². The van der Waals surface area contributed by atoms with Crippen molar-refractivity contribution in [3.63, 3.8) is 0 Å². The number of nitrogens with zero attached hydrogens (tertiary/aromatic N) is 1. The third-order valence-corrected chi connectivity index (χ3v) is 3.19. The lowest BCUT2D eigenvalue weighted by atomic mass is 10.1. The van der Waals surface area contributed by atoms with E-state index in [1.54, 1.807) is 25.3 Å². The maximum atomic E-state index is 11.4. The first-order chi connectivity index (χ1) is 9.52. The van der Waals surface area contributed by atoms with Gasteiger partial charge in [-0.25, -0.2) is 4.79 Å². The van der Waals surface area contributed by atoms with Crippen LogP contribution >= 0.6 is 0 Å². The molecule has 2 aromatic rings. The summed E-state index contributed by atoms with van der Waals surface area (Å²) >= 11 is 0. The van der Waals surface area contributed by atoms with Crippen LogP contribution in [0.5, 0.6) is 5.75 Å². The summed E-state index contributed by atoms with van der Waals surface area (Å²) in [6.45, 7) is 2.00. The Hall–Kier alpha value is -2.49. The number of benzene rings is 2. The second kappa shape index (κ2) is 5.65. The number of methoxy groups -OCH3 is 1. The fourth-order valence-electron chi connectivity index (χ4n) is 2.07. The number of carboxylic acid groups (broad SMARTS) is 1. The monoisotopic (exact) mass is 271 g/mol. The fraction of sp³-hybridized carbons (Fsp3) is 0.188. The molecule has 0 unspecified atom stereocenters. The molecule has 2 rings (SSSR count). The molecule has 0 atom stereocenters. The van der Waals surface area contributed by atoms with E-state index < -0.39 is 5.97 Å². The van der Waals surface area contributed by atoms with Crippen LogP contribution in [0.2, 0.25) is 0 Å². The highest BCUT2D eigenvalue weighted by Crippen LogP contribution is 2.31. The SMILES string of the molecule is COc1ccc(C(=O)O)c(N(C)c2cccc(C)c2)c1. The van der Waals surface area contributed by atoms with Gasteiger partial charge in [0, 0.05) is 18.8 Å². The second-order valence-corrected chi connectivity index (χ2v) is 4.59. The molecule has 20 heavy (non-hydrogen) atoms. The van der Waals surface area contributed by atoms with Crippen molar-refractivity contribution in [1.29, 1.82) is 0 Å². The Labute approximate surface area is 118 Å². The maximum absolute atomic E-state index is 11.4. The minimum Gasteiger partial charge on any atom is -0.497 e. The summed E-state index contributed by atoms with van der Waals surface area (Å²) in [6.07, 6.45) is 0. The average Bonchev–Trinajstić information content (AvgIpc) is 2.45. The van der Waals surface area contributed by atoms with Gasteiger partial charge in [-0.15, -0.1) is 0 Å². The van der Waals surface area contributed by atoms with Gasteiger partial charge in [-0.1, -0.05) is 12.1 Å². The Bertz CT molecular complexity index is 637. The van der Waals surface area contributed by atoms with E-state index in [1.165, 1.54) is 0 Å². The molecule has 2 aromatic carbocycles. The zero-order valence-electron chi connectivity index (χ0n) is 11.8. The highest BCUT2D eigenvalue weighted by Gasteiger charge is 2.15. The second-order valence-electron chi connectivity index (χ2n) is 4.59. The summed E-state index contributed by atoms with van der Waals surface area (Å²) in [4.78, 5) is 13.2. The van der Waals surface area contributed by atoms with E-state index in [2.05, 4.69) is 0 Å². The van der Waals surface area contributed by atoms with Gasteiger partial charge in [0.1, 0.15) is 5.75 Å². The van der Waals surface area contributed by atoms with Gasteiger partial charge < -0.3 is 14.7 Å². The standard InChI is InChI=1S/C16H17NO3/c1-11-5-4-6-12(9-11)17(2)15-10-13(20-3)7-8-14(15)16(18)19/h4-10H,1-3H3,(H,18,19). The van der Waals surface area contributed by atoms with Crippen LogP contribution in [0, 0.1) is 6.92 Å². The summed E-state index contributed by atoms with van der Waals surface area (Å²) in [6, 6.07) is 12.8. The first kappa shape index (κ1) is 13.9. The van der Waals surface area contributed by atoms with Crippen molar-refractivity contribution in [2.45, 2.75) is 6.92 Å². The zero-order valence-corrected chi connectivity index (χ0v) is 11.8. The molecule has 104 valence electrons. The third-order valence-electron chi connectivity index (χ3n) is 3.19. The number of rotatable bonds is 4. The molecular formula is C16H17NO3. The number of hydrogen-bond donors (Lipinski definition) is 1. The van der Waals surface area contributed by atoms with Crippen LogP contribution in [0.1, 0.15) is 15.9 Å². The predicted molar refractivity (Wildman–Crippen MR) is 79.2 cm³/mol. The van der Waals surface area contributed by atoms with Crippen molar-refractivity contribution in [2.24, 2.45) is 0 Å². The van der Waals surface area contributed by atoms with Gasteiger partial charge in [-0.3, -0.25) is 0 Å². The van der Waals surface area contributed by atoms with Gasteiger partial charge in [-0.05, 0) is 36.8 Å². The number of ether oxygens (including phenoxy) is 1. The molecular weight excluding hydrogens is 254 g/mol. The van der Waals surface area contributed by atoms with Crippen LogP contribution in [0.15, 0.2) is 42.5 Å². The normalized spacial score (nSPS) is 10.2. The quantitative estimate of drug-likeness (QED) is 0.925. The molecule has 0 fully saturated rings. The number of carboxylic acids is 1. The van der Waals surface area contributed by atoms with Crippen LogP contribution in [-0.2, 0) is 0 Å². The number of hydrogen-bond acceptors (Lipinski definition) is 3. The number of aromatic carboxylic acids is 1. The zero-order chi connectivity index (χ0) is 14.7. The molecule has 0 heterocycles. The smallest absolute Gasteiger partial charge is 0.337 e. The van der Waals surface area contributed by atoms with Crippen molar-refractivity contribution in [3.05, 3.63) is 53.6 Å². The Kier molecular flexibility index (Phi) is 3.94. The minimum atomic E-state index is -0.956. The van der Waals surface area contributed by atoms with E-state index in [1.807, 2.05) is 43.1 Å². The van der Waals surface area contributed by atoms with Crippen molar-refractivity contribution >= 4 is 17.3 Å². The fourth-order valence-corrected chi connectivity index (χ4v) is 2.07. The van der Waals surface area contributed by atoms with Gasteiger partial charge in [-0.2, -0.15) is 0 Å². The van der Waals surface area contributed by atoms with Gasteiger partial charge in [0.05, 0.1) is 18.4 Å². The Morgan fingerprint density at radius 1 is 1.20 bits per heavy atom. The lowest BCUT2D eigenvalue weighted by molar-refractivity contribution is 0.0697. The van der Waals surface area contributed by atoms with Crippen LogP contribution < -0.4 is 9.64 Å². The van der Waals surface area contributed by atoms with E-state index in [0.717, 1.165) is 11.3 Å². The lowest BCUT2D eigenvalue weighted by Crippen LogP contribution is -2.14. The van der Waals surface area contributed by atoms with Crippen LogP contribution in [0.25, 0.3) is 0 Å². The van der Waals surface area contributed by atoms with E-state index in [-0.39, 0.29) is 5.56 Å². The van der Waals surface area contributed by atoms with E-state index in [0.29, 0.717) is 11.4 Å². The van der Waals surface area contributed by atoms with Gasteiger partial charge in [0.15, 0.2) is 0 Å². The average molecular weight is 271 g/mol. The van der Waals surface area contributed by atoms with Crippen LogP contribution in [0.3, 0.4) is 0 Å². The van der Waals surface area contributed by atoms with Gasteiger partial charge in [0.25, 0.3) is 0 Å². The maximum Gasteiger partial charge on any atom is 0.337 e. The first-order valence-electron chi connectivity index (χ1n) is 6.24. The molecule has 1 N–H and O–H groups in total. The summed E-state index contributed by atoms with van der Waals surface area (Å²) in [5.41, 5.74) is 2.90. The topological polar surface area (TPSA) is 49.8 Å². The molecule has 0 aromatic heterocycles. The molecule has 0 spiro atoms. The number of carbonyl (C=O) groups is 1. The van der Waals surface area contributed by atoms with Crippen molar-refractivity contribution < 1.29 is 14.6 Å². The minimum absolute atomic E-state index is 0.245. The predicted octanol–water partition coefficient (Wildman–Crippen LogP) is 3.47. The molecule has 0 radical (unpaired) electrons. The molecule has 0 aliphatic rings. The van der Waals surface area contributed by atoms with Crippen LogP contribution in [0.4, 0.5) is 11.4 Å². The van der Waals surface area contributed by atoms with Crippen molar-refractivity contribution in [3.8, 4) is 5.75 Å². The summed E-state index contributed by atoms with van der Waals surface area (Å²) < 4.78 is 5.18. The van der Waals surface area contributed by atoms with E-state index >= 15 is 0 Å². The Balaban J connectivity index is 2.52. The summed E-state index contributed by atoms with van der Waals surface area (Å²) in [7, 11) is 3.40. The molecule has 0 saturated carbocycles. The Morgan fingerprint density at radius 2 is 1.95 bits per heavy atom. The van der Waals surface area contributed by atoms with Crippen molar-refractivity contribution in [2.75, 3.05) is 19.1 Å². The first-order valence-corrected chi connectivity index (χ1v) is 6.24. The largest absolute Gasteiger partial charge is 0.497 e. The number of aryl methyl sites for hydroxylation is 1.